The van der Waals surface area contributed by atoms with Gasteiger partial charge in [-0.3, -0.25) is 9.59 Å². The number of hydrogen-bond acceptors (Lipinski definition) is 6. The van der Waals surface area contributed by atoms with Crippen molar-refractivity contribution in [3.63, 3.8) is 0 Å². The zero-order valence-electron chi connectivity index (χ0n) is 11.0. The van der Waals surface area contributed by atoms with Crippen LogP contribution in [-0.2, 0) is 9.53 Å². The fraction of sp³-hybridized carbons (Fsp3) is 0.500. The molecule has 1 unspecified atom stereocenters. The standard InChI is InChI=1S/C12H15N3O4S/c1-2-19-12(18)11-15-8(6-20-11)10(17)13-5-7-3-4-9(16)14-7/h6-7H,2-5H2,1H3,(H,13,17)(H,14,16). The first-order valence-corrected chi connectivity index (χ1v) is 7.18. The molecule has 0 saturated carbocycles. The van der Waals surface area contributed by atoms with E-state index in [0.717, 1.165) is 11.3 Å². The Balaban J connectivity index is 1.86. The summed E-state index contributed by atoms with van der Waals surface area (Å²) in [6.45, 7) is 2.33. The van der Waals surface area contributed by atoms with Crippen molar-refractivity contribution in [1.82, 2.24) is 15.6 Å². The Bertz CT molecular complexity index is 529. The molecule has 7 nitrogen and oxygen atoms in total. The summed E-state index contributed by atoms with van der Waals surface area (Å²) in [5.74, 6) is -0.889. The second-order valence-electron chi connectivity index (χ2n) is 4.27. The maximum Gasteiger partial charge on any atom is 0.367 e. The van der Waals surface area contributed by atoms with Crippen molar-refractivity contribution in [3.05, 3.63) is 16.1 Å². The lowest BCUT2D eigenvalue weighted by molar-refractivity contribution is -0.119. The fourth-order valence-electron chi connectivity index (χ4n) is 1.80. The third-order valence-electron chi connectivity index (χ3n) is 2.78. The van der Waals surface area contributed by atoms with E-state index in [1.165, 1.54) is 5.38 Å². The van der Waals surface area contributed by atoms with Crippen molar-refractivity contribution in [2.45, 2.75) is 25.8 Å². The van der Waals surface area contributed by atoms with Gasteiger partial charge in [0.2, 0.25) is 10.9 Å². The largest absolute Gasteiger partial charge is 0.461 e. The molecule has 2 amide bonds. The Morgan fingerprint density at radius 1 is 1.60 bits per heavy atom. The van der Waals surface area contributed by atoms with Crippen LogP contribution in [0.25, 0.3) is 0 Å². The summed E-state index contributed by atoms with van der Waals surface area (Å²) in [4.78, 5) is 38.2. The molecule has 0 radical (unpaired) electrons. The number of amides is 2. The van der Waals surface area contributed by atoms with Crippen LogP contribution >= 0.6 is 11.3 Å². The number of esters is 1. The lowest BCUT2D eigenvalue weighted by atomic mass is 10.2. The van der Waals surface area contributed by atoms with Crippen LogP contribution in [0.5, 0.6) is 0 Å². The van der Waals surface area contributed by atoms with Gasteiger partial charge in [0, 0.05) is 24.4 Å². The topological polar surface area (TPSA) is 97.4 Å². The summed E-state index contributed by atoms with van der Waals surface area (Å²) < 4.78 is 4.80. The lowest BCUT2D eigenvalue weighted by Gasteiger charge is -2.10. The van der Waals surface area contributed by atoms with Crippen LogP contribution < -0.4 is 10.6 Å². The molecule has 0 aromatic carbocycles. The maximum atomic E-state index is 11.8. The molecule has 0 spiro atoms. The molecule has 1 atom stereocenters. The van der Waals surface area contributed by atoms with E-state index in [0.29, 0.717) is 19.4 Å². The smallest absolute Gasteiger partial charge is 0.367 e. The molecule has 1 fully saturated rings. The van der Waals surface area contributed by atoms with Crippen LogP contribution in [0.15, 0.2) is 5.38 Å². The van der Waals surface area contributed by atoms with Gasteiger partial charge in [-0.05, 0) is 13.3 Å². The van der Waals surface area contributed by atoms with Crippen LogP contribution in [0.3, 0.4) is 0 Å². The number of ether oxygens (including phenoxy) is 1. The van der Waals surface area contributed by atoms with Crippen molar-refractivity contribution in [2.75, 3.05) is 13.2 Å². The normalized spacial score (nSPS) is 17.6. The van der Waals surface area contributed by atoms with Gasteiger partial charge < -0.3 is 15.4 Å². The zero-order valence-corrected chi connectivity index (χ0v) is 11.8. The van der Waals surface area contributed by atoms with Crippen LogP contribution in [0.2, 0.25) is 0 Å². The highest BCUT2D eigenvalue weighted by molar-refractivity contribution is 7.11. The number of rotatable bonds is 5. The van der Waals surface area contributed by atoms with Gasteiger partial charge in [0.1, 0.15) is 5.69 Å². The Labute approximate surface area is 119 Å². The third kappa shape index (κ3) is 3.53. The van der Waals surface area contributed by atoms with Gasteiger partial charge in [-0.1, -0.05) is 0 Å². The fourth-order valence-corrected chi connectivity index (χ4v) is 2.49. The molecule has 0 bridgehead atoms. The number of carbonyl (C=O) groups is 3. The van der Waals surface area contributed by atoms with E-state index < -0.39 is 5.97 Å². The van der Waals surface area contributed by atoms with E-state index in [1.807, 2.05) is 0 Å². The maximum absolute atomic E-state index is 11.8. The van der Waals surface area contributed by atoms with Gasteiger partial charge in [-0.25, -0.2) is 9.78 Å². The Kier molecular flexibility index (Phi) is 4.67. The van der Waals surface area contributed by atoms with Gasteiger partial charge in [-0.2, -0.15) is 0 Å². The van der Waals surface area contributed by atoms with E-state index in [2.05, 4.69) is 15.6 Å². The minimum atomic E-state index is -0.528. The number of carbonyl (C=O) groups excluding carboxylic acids is 3. The highest BCUT2D eigenvalue weighted by atomic mass is 32.1. The second kappa shape index (κ2) is 6.47. The molecule has 1 aromatic heterocycles. The number of thiazole rings is 1. The molecule has 108 valence electrons. The average molecular weight is 297 g/mol. The SMILES string of the molecule is CCOC(=O)c1nc(C(=O)NCC2CCC(=O)N2)cs1. The van der Waals surface area contributed by atoms with E-state index in [9.17, 15) is 14.4 Å². The van der Waals surface area contributed by atoms with Gasteiger partial charge in [0.05, 0.1) is 6.61 Å². The molecular weight excluding hydrogens is 282 g/mol. The highest BCUT2D eigenvalue weighted by Crippen LogP contribution is 2.11. The zero-order chi connectivity index (χ0) is 14.5. The van der Waals surface area contributed by atoms with Crippen LogP contribution in [0, 0.1) is 0 Å². The first-order chi connectivity index (χ1) is 9.60. The molecule has 1 aliphatic rings. The number of nitrogens with one attached hydrogen (secondary N) is 2. The van der Waals surface area contributed by atoms with Crippen molar-refractivity contribution in [2.24, 2.45) is 0 Å². The van der Waals surface area contributed by atoms with E-state index >= 15 is 0 Å². The first-order valence-electron chi connectivity index (χ1n) is 6.30. The Morgan fingerprint density at radius 3 is 3.05 bits per heavy atom. The predicted molar refractivity (Wildman–Crippen MR) is 71.6 cm³/mol. The summed E-state index contributed by atoms with van der Waals surface area (Å²) in [5.41, 5.74) is 0.183. The summed E-state index contributed by atoms with van der Waals surface area (Å²) in [7, 11) is 0. The molecule has 0 aliphatic carbocycles. The van der Waals surface area contributed by atoms with Gasteiger partial charge in [-0.15, -0.1) is 11.3 Å². The summed E-state index contributed by atoms with van der Waals surface area (Å²) >= 11 is 1.07. The molecule has 1 aliphatic heterocycles. The summed E-state index contributed by atoms with van der Waals surface area (Å²) in [6.07, 6.45) is 1.20. The second-order valence-corrected chi connectivity index (χ2v) is 5.13. The molecule has 2 rings (SSSR count). The van der Waals surface area contributed by atoms with Gasteiger partial charge in [0.15, 0.2) is 0 Å². The minimum Gasteiger partial charge on any atom is -0.461 e. The molecule has 8 heteroatoms. The first kappa shape index (κ1) is 14.4. The summed E-state index contributed by atoms with van der Waals surface area (Å²) in [5, 5.41) is 7.11. The Morgan fingerprint density at radius 2 is 2.40 bits per heavy atom. The molecule has 1 aromatic rings. The van der Waals surface area contributed by atoms with Crippen molar-refractivity contribution in [1.29, 1.82) is 0 Å². The van der Waals surface area contributed by atoms with E-state index in [1.54, 1.807) is 6.92 Å². The third-order valence-corrected chi connectivity index (χ3v) is 3.60. The minimum absolute atomic E-state index is 0.00232. The number of aromatic nitrogens is 1. The number of nitrogens with zero attached hydrogens (tertiary/aromatic N) is 1. The monoisotopic (exact) mass is 297 g/mol. The lowest BCUT2D eigenvalue weighted by Crippen LogP contribution is -2.38. The number of hydrogen-bond donors (Lipinski definition) is 2. The average Bonchev–Trinajstić information content (AvgIpc) is 3.05. The molecule has 1 saturated heterocycles. The molecule has 2 heterocycles. The van der Waals surface area contributed by atoms with Crippen molar-refractivity contribution in [3.8, 4) is 0 Å². The quantitative estimate of drug-likeness (QED) is 0.763. The predicted octanol–water partition coefficient (Wildman–Crippen LogP) is 0.328. The summed E-state index contributed by atoms with van der Waals surface area (Å²) in [6, 6.07) is -0.0328. The van der Waals surface area contributed by atoms with Crippen LogP contribution in [-0.4, -0.2) is 42.0 Å². The van der Waals surface area contributed by atoms with Crippen LogP contribution in [0.1, 0.15) is 40.1 Å². The van der Waals surface area contributed by atoms with E-state index in [4.69, 9.17) is 4.74 Å². The molecule has 20 heavy (non-hydrogen) atoms. The van der Waals surface area contributed by atoms with Gasteiger partial charge in [0.25, 0.3) is 5.91 Å². The molecule has 2 N–H and O–H groups in total. The van der Waals surface area contributed by atoms with Gasteiger partial charge >= 0.3 is 5.97 Å². The van der Waals surface area contributed by atoms with Crippen LogP contribution in [0.4, 0.5) is 0 Å². The highest BCUT2D eigenvalue weighted by Gasteiger charge is 2.22. The van der Waals surface area contributed by atoms with Crippen molar-refractivity contribution < 1.29 is 19.1 Å². The molecular formula is C12H15N3O4S. The van der Waals surface area contributed by atoms with Crippen molar-refractivity contribution >= 4 is 29.1 Å². The Hall–Kier alpha value is -1.96. The van der Waals surface area contributed by atoms with E-state index in [-0.39, 0.29) is 35.2 Å².